The molecule has 17 heavy (non-hydrogen) atoms. The zero-order valence-electron chi connectivity index (χ0n) is 9.94. The van der Waals surface area contributed by atoms with Gasteiger partial charge in [0, 0.05) is 16.3 Å². The maximum absolute atomic E-state index is 12.0. The van der Waals surface area contributed by atoms with Crippen LogP contribution in [0.3, 0.4) is 0 Å². The molecule has 0 saturated carbocycles. The molecule has 1 rings (SSSR count). The van der Waals surface area contributed by atoms with Gasteiger partial charge in [0.15, 0.2) is 9.84 Å². The van der Waals surface area contributed by atoms with E-state index >= 15 is 0 Å². The Kier molecular flexibility index (Phi) is 5.18. The Labute approximate surface area is 115 Å². The zero-order chi connectivity index (χ0) is 13.1. The minimum atomic E-state index is -3.44. The third-order valence-corrected chi connectivity index (χ3v) is 4.80. The van der Waals surface area contributed by atoms with E-state index in [4.69, 9.17) is 0 Å². The Morgan fingerprint density at radius 1 is 1.35 bits per heavy atom. The van der Waals surface area contributed by atoms with Crippen molar-refractivity contribution in [2.75, 3.05) is 5.75 Å². The van der Waals surface area contributed by atoms with Gasteiger partial charge in [-0.1, -0.05) is 20.3 Å². The number of nitrogens with zero attached hydrogens (tertiary/aromatic N) is 1. The molecule has 0 radical (unpaired) electrons. The van der Waals surface area contributed by atoms with Gasteiger partial charge in [-0.25, -0.2) is 8.42 Å². The van der Waals surface area contributed by atoms with Crippen LogP contribution >= 0.6 is 22.6 Å². The van der Waals surface area contributed by atoms with Crippen LogP contribution in [0.5, 0.6) is 0 Å². The Hall–Kier alpha value is -0.370. The van der Waals surface area contributed by atoms with Gasteiger partial charge in [-0.15, -0.1) is 0 Å². The second-order valence-electron chi connectivity index (χ2n) is 3.78. The standard InChI is InChI=1S/C11H16INO3S/c1-3-5-6-13-8-9(12)7-10(11(13)14)17(15,16)4-2/h7-8H,3-6H2,1-2H3. The van der Waals surface area contributed by atoms with Gasteiger partial charge in [0.25, 0.3) is 5.56 Å². The number of aromatic nitrogens is 1. The van der Waals surface area contributed by atoms with E-state index in [0.717, 1.165) is 16.4 Å². The Bertz CT molecular complexity index is 548. The van der Waals surface area contributed by atoms with Gasteiger partial charge in [-0.3, -0.25) is 4.79 Å². The highest BCUT2D eigenvalue weighted by atomic mass is 127. The third-order valence-electron chi connectivity index (χ3n) is 2.49. The van der Waals surface area contributed by atoms with E-state index < -0.39 is 15.4 Å². The molecule has 0 saturated heterocycles. The second kappa shape index (κ2) is 5.99. The molecule has 0 atom stereocenters. The van der Waals surface area contributed by atoms with Crippen molar-refractivity contribution in [3.8, 4) is 0 Å². The van der Waals surface area contributed by atoms with Crippen LogP contribution in [0.25, 0.3) is 0 Å². The summed E-state index contributed by atoms with van der Waals surface area (Å²) in [6.07, 6.45) is 3.53. The number of unbranched alkanes of at least 4 members (excludes halogenated alkanes) is 1. The fourth-order valence-corrected chi connectivity index (χ4v) is 3.31. The van der Waals surface area contributed by atoms with Crippen LogP contribution in [0, 0.1) is 3.57 Å². The van der Waals surface area contributed by atoms with Gasteiger partial charge >= 0.3 is 0 Å². The highest BCUT2D eigenvalue weighted by Gasteiger charge is 2.18. The molecular weight excluding hydrogens is 353 g/mol. The van der Waals surface area contributed by atoms with E-state index in [2.05, 4.69) is 0 Å². The minimum Gasteiger partial charge on any atom is -0.313 e. The molecule has 0 aliphatic rings. The molecule has 0 unspecified atom stereocenters. The number of halogens is 1. The summed E-state index contributed by atoms with van der Waals surface area (Å²) in [5, 5.41) is 0. The summed E-state index contributed by atoms with van der Waals surface area (Å²) in [7, 11) is -3.44. The predicted octanol–water partition coefficient (Wildman–Crippen LogP) is 2.05. The lowest BCUT2D eigenvalue weighted by atomic mass is 10.3. The van der Waals surface area contributed by atoms with E-state index in [1.807, 2.05) is 29.5 Å². The lowest BCUT2D eigenvalue weighted by Gasteiger charge is -2.08. The third kappa shape index (κ3) is 3.54. The summed E-state index contributed by atoms with van der Waals surface area (Å²) in [5.41, 5.74) is -0.402. The second-order valence-corrected chi connectivity index (χ2v) is 7.27. The Balaban J connectivity index is 3.34. The molecule has 4 nitrogen and oxygen atoms in total. The highest BCUT2D eigenvalue weighted by molar-refractivity contribution is 14.1. The van der Waals surface area contributed by atoms with Gasteiger partial charge in [-0.05, 0) is 35.1 Å². The largest absolute Gasteiger partial charge is 0.313 e. The van der Waals surface area contributed by atoms with E-state index in [0.29, 0.717) is 6.54 Å². The zero-order valence-corrected chi connectivity index (χ0v) is 12.9. The summed E-state index contributed by atoms with van der Waals surface area (Å²) in [6, 6.07) is 1.45. The SMILES string of the molecule is CCCCn1cc(I)cc(S(=O)(=O)CC)c1=O. The molecule has 0 aromatic carbocycles. The highest BCUT2D eigenvalue weighted by Crippen LogP contribution is 2.11. The van der Waals surface area contributed by atoms with E-state index in [1.54, 1.807) is 13.1 Å². The monoisotopic (exact) mass is 369 g/mol. The molecule has 6 heteroatoms. The van der Waals surface area contributed by atoms with Crippen LogP contribution in [-0.4, -0.2) is 18.7 Å². The van der Waals surface area contributed by atoms with Crippen LogP contribution in [0.2, 0.25) is 0 Å². The van der Waals surface area contributed by atoms with Crippen molar-refractivity contribution < 1.29 is 8.42 Å². The number of hydrogen-bond donors (Lipinski definition) is 0. The topological polar surface area (TPSA) is 56.1 Å². The molecule has 96 valence electrons. The molecule has 0 amide bonds. The molecular formula is C11H16INO3S. The summed E-state index contributed by atoms with van der Waals surface area (Å²) in [6.45, 7) is 4.14. The fraction of sp³-hybridized carbons (Fsp3) is 0.545. The number of hydrogen-bond acceptors (Lipinski definition) is 3. The van der Waals surface area contributed by atoms with Crippen molar-refractivity contribution in [3.05, 3.63) is 26.2 Å². The number of sulfone groups is 1. The van der Waals surface area contributed by atoms with Crippen LogP contribution < -0.4 is 5.56 Å². The van der Waals surface area contributed by atoms with Crippen LogP contribution in [0.4, 0.5) is 0 Å². The van der Waals surface area contributed by atoms with Crippen molar-refractivity contribution >= 4 is 32.4 Å². The molecule has 1 aromatic heterocycles. The molecule has 0 fully saturated rings. The first-order chi connectivity index (χ1) is 7.92. The normalized spacial score (nSPS) is 11.7. The Morgan fingerprint density at radius 2 is 2.00 bits per heavy atom. The lowest BCUT2D eigenvalue weighted by Crippen LogP contribution is -2.27. The average molecular weight is 369 g/mol. The van der Waals surface area contributed by atoms with Crippen molar-refractivity contribution in [1.29, 1.82) is 0 Å². The van der Waals surface area contributed by atoms with Crippen molar-refractivity contribution in [1.82, 2.24) is 4.57 Å². The van der Waals surface area contributed by atoms with Crippen LogP contribution in [0.15, 0.2) is 22.0 Å². The van der Waals surface area contributed by atoms with Crippen LogP contribution in [0.1, 0.15) is 26.7 Å². The number of aryl methyl sites for hydroxylation is 1. The van der Waals surface area contributed by atoms with Crippen molar-refractivity contribution in [3.63, 3.8) is 0 Å². The molecule has 1 aromatic rings. The summed E-state index contributed by atoms with van der Waals surface area (Å²) in [4.78, 5) is 11.9. The molecule has 0 spiro atoms. The smallest absolute Gasteiger partial charge is 0.269 e. The van der Waals surface area contributed by atoms with Gasteiger partial charge in [0.2, 0.25) is 0 Å². The van der Waals surface area contributed by atoms with Gasteiger partial charge in [0.05, 0.1) is 5.75 Å². The minimum absolute atomic E-state index is 0.0455. The lowest BCUT2D eigenvalue weighted by molar-refractivity contribution is 0.581. The van der Waals surface area contributed by atoms with Gasteiger partial charge in [-0.2, -0.15) is 0 Å². The maximum atomic E-state index is 12.0. The van der Waals surface area contributed by atoms with Gasteiger partial charge < -0.3 is 4.57 Å². The van der Waals surface area contributed by atoms with Crippen LogP contribution in [-0.2, 0) is 16.4 Å². The summed E-state index contributed by atoms with van der Waals surface area (Å²) >= 11 is 2.03. The molecule has 0 N–H and O–H groups in total. The summed E-state index contributed by atoms with van der Waals surface area (Å²) in [5.74, 6) is -0.0455. The first kappa shape index (κ1) is 14.7. The van der Waals surface area contributed by atoms with E-state index in [9.17, 15) is 13.2 Å². The molecule has 0 aliphatic carbocycles. The first-order valence-corrected chi connectivity index (χ1v) is 8.28. The first-order valence-electron chi connectivity index (χ1n) is 5.55. The number of pyridine rings is 1. The number of rotatable bonds is 5. The molecule has 0 aliphatic heterocycles. The maximum Gasteiger partial charge on any atom is 0.269 e. The Morgan fingerprint density at radius 3 is 2.53 bits per heavy atom. The van der Waals surface area contributed by atoms with Crippen molar-refractivity contribution in [2.24, 2.45) is 0 Å². The average Bonchev–Trinajstić information content (AvgIpc) is 2.29. The quantitative estimate of drug-likeness (QED) is 0.747. The van der Waals surface area contributed by atoms with E-state index in [-0.39, 0.29) is 10.6 Å². The van der Waals surface area contributed by atoms with Gasteiger partial charge in [0.1, 0.15) is 4.90 Å². The van der Waals surface area contributed by atoms with E-state index in [1.165, 1.54) is 10.6 Å². The fourth-order valence-electron chi connectivity index (χ4n) is 1.45. The molecule has 0 bridgehead atoms. The van der Waals surface area contributed by atoms with Crippen molar-refractivity contribution in [2.45, 2.75) is 38.1 Å². The predicted molar refractivity (Wildman–Crippen MR) is 76.1 cm³/mol. The molecule has 1 heterocycles. The summed E-state index contributed by atoms with van der Waals surface area (Å²) < 4.78 is 25.8.